The molecule has 3 aromatic carbocycles. The second-order valence-corrected chi connectivity index (χ2v) is 10.3. The molecule has 3 aromatic rings. The molecule has 2 fully saturated rings. The predicted molar refractivity (Wildman–Crippen MR) is 142 cm³/mol. The molecule has 0 aliphatic heterocycles. The Morgan fingerprint density at radius 1 is 1.03 bits per heavy atom. The fraction of sp³-hybridized carbons (Fsp3) is 0.290. The van der Waals surface area contributed by atoms with E-state index in [-0.39, 0.29) is 16.7 Å². The number of ketones is 1. The van der Waals surface area contributed by atoms with E-state index in [0.29, 0.717) is 34.8 Å². The minimum absolute atomic E-state index is 0.0862. The number of phenolic OH excluding ortho intramolecular Hbond substituents is 2. The molecule has 190 valence electrons. The first kappa shape index (κ1) is 24.6. The molecule has 3 aliphatic carbocycles. The lowest BCUT2D eigenvalue weighted by Crippen LogP contribution is -2.37. The number of rotatable bonds is 2. The van der Waals surface area contributed by atoms with Crippen molar-refractivity contribution in [2.75, 3.05) is 5.73 Å². The number of Topliss-reactive ketones (excluding diaryl/α,β-unsaturated/α-hetero) is 1. The van der Waals surface area contributed by atoms with Crippen molar-refractivity contribution in [2.45, 2.75) is 44.9 Å². The van der Waals surface area contributed by atoms with Gasteiger partial charge >= 0.3 is 5.97 Å². The molecule has 6 nitrogen and oxygen atoms in total. The van der Waals surface area contributed by atoms with Gasteiger partial charge in [-0.3, -0.25) is 4.79 Å². The lowest BCUT2D eigenvalue weighted by molar-refractivity contribution is -0.126. The quantitative estimate of drug-likeness (QED) is 0.175. The van der Waals surface area contributed by atoms with Crippen molar-refractivity contribution in [1.29, 1.82) is 0 Å². The SMILES string of the molecule is CC12CCC3C(=CCc4cc(O)ccc43)C1CCC2=O.Nc1ccc(C(=O)Oc2ccccc2)c(O)c1. The lowest BCUT2D eigenvalue weighted by Gasteiger charge is -2.43. The summed E-state index contributed by atoms with van der Waals surface area (Å²) in [6.45, 7) is 2.18. The molecule has 3 atom stereocenters. The van der Waals surface area contributed by atoms with Crippen molar-refractivity contribution in [3.05, 3.63) is 95.1 Å². The van der Waals surface area contributed by atoms with E-state index in [1.165, 1.54) is 34.9 Å². The molecular weight excluding hydrogens is 466 g/mol. The molecule has 2 saturated carbocycles. The first-order valence-electron chi connectivity index (χ1n) is 12.7. The highest BCUT2D eigenvalue weighted by Crippen LogP contribution is 2.57. The summed E-state index contributed by atoms with van der Waals surface area (Å²) in [5.74, 6) is 1.38. The summed E-state index contributed by atoms with van der Waals surface area (Å²) in [7, 11) is 0. The molecule has 0 bridgehead atoms. The zero-order chi connectivity index (χ0) is 26.2. The maximum atomic E-state index is 12.2. The summed E-state index contributed by atoms with van der Waals surface area (Å²) >= 11 is 0. The van der Waals surface area contributed by atoms with E-state index in [1.54, 1.807) is 30.3 Å². The highest BCUT2D eigenvalue weighted by Gasteiger charge is 2.52. The molecule has 0 spiro atoms. The molecule has 3 aliphatic rings. The fourth-order valence-corrected chi connectivity index (χ4v) is 6.10. The Kier molecular flexibility index (Phi) is 6.50. The van der Waals surface area contributed by atoms with Gasteiger partial charge in [0.1, 0.15) is 28.6 Å². The van der Waals surface area contributed by atoms with Gasteiger partial charge in [-0.1, -0.05) is 42.8 Å². The van der Waals surface area contributed by atoms with Gasteiger partial charge < -0.3 is 20.7 Å². The number of anilines is 1. The number of fused-ring (bicyclic) bond motifs is 5. The fourth-order valence-electron chi connectivity index (χ4n) is 6.10. The largest absolute Gasteiger partial charge is 0.508 e. The van der Waals surface area contributed by atoms with Crippen molar-refractivity contribution in [3.63, 3.8) is 0 Å². The average Bonchev–Trinajstić information content (AvgIpc) is 3.19. The zero-order valence-electron chi connectivity index (χ0n) is 20.8. The first-order chi connectivity index (χ1) is 17.8. The van der Waals surface area contributed by atoms with Gasteiger partial charge in [-0.15, -0.1) is 0 Å². The summed E-state index contributed by atoms with van der Waals surface area (Å²) in [6.07, 6.45) is 7.11. The molecule has 0 aromatic heterocycles. The molecule has 0 heterocycles. The summed E-state index contributed by atoms with van der Waals surface area (Å²) in [5.41, 5.74) is 9.98. The van der Waals surface area contributed by atoms with Crippen LogP contribution in [0.2, 0.25) is 0 Å². The van der Waals surface area contributed by atoms with Crippen molar-refractivity contribution in [1.82, 2.24) is 0 Å². The van der Waals surface area contributed by atoms with Gasteiger partial charge in [0.05, 0.1) is 0 Å². The van der Waals surface area contributed by atoms with Gasteiger partial charge in [-0.25, -0.2) is 4.79 Å². The van der Waals surface area contributed by atoms with Crippen molar-refractivity contribution < 1.29 is 24.5 Å². The van der Waals surface area contributed by atoms with Crippen LogP contribution in [0, 0.1) is 11.3 Å². The molecule has 3 unspecified atom stereocenters. The van der Waals surface area contributed by atoms with Crippen molar-refractivity contribution >= 4 is 17.4 Å². The molecule has 37 heavy (non-hydrogen) atoms. The van der Waals surface area contributed by atoms with Crippen LogP contribution in [-0.4, -0.2) is 22.0 Å². The summed E-state index contributed by atoms with van der Waals surface area (Å²) < 4.78 is 5.08. The number of hydrogen-bond donors (Lipinski definition) is 3. The molecule has 0 radical (unpaired) electrons. The van der Waals surface area contributed by atoms with E-state index in [4.69, 9.17) is 10.5 Å². The zero-order valence-corrected chi connectivity index (χ0v) is 20.8. The van der Waals surface area contributed by atoms with Gasteiger partial charge in [-0.2, -0.15) is 0 Å². The minimum atomic E-state index is -0.617. The number of para-hydroxylation sites is 1. The third-order valence-corrected chi connectivity index (χ3v) is 8.08. The number of ether oxygens (including phenoxy) is 1. The molecular formula is C31H31NO5. The number of aromatic hydroxyl groups is 2. The highest BCUT2D eigenvalue weighted by atomic mass is 16.5. The lowest BCUT2D eigenvalue weighted by atomic mass is 9.60. The van der Waals surface area contributed by atoms with Crippen LogP contribution < -0.4 is 10.5 Å². The van der Waals surface area contributed by atoms with Gasteiger partial charge in [0, 0.05) is 29.5 Å². The van der Waals surface area contributed by atoms with Gasteiger partial charge in [0.15, 0.2) is 0 Å². The predicted octanol–water partition coefficient (Wildman–Crippen LogP) is 5.93. The molecule has 6 heteroatoms. The van der Waals surface area contributed by atoms with Gasteiger partial charge in [-0.05, 0) is 79.1 Å². The Hall–Kier alpha value is -4.06. The van der Waals surface area contributed by atoms with E-state index in [9.17, 15) is 19.8 Å². The number of nitrogens with two attached hydrogens (primary N) is 1. The third-order valence-electron chi connectivity index (χ3n) is 8.08. The van der Waals surface area contributed by atoms with Crippen LogP contribution in [0.5, 0.6) is 17.2 Å². The Labute approximate surface area is 216 Å². The number of phenols is 2. The number of hydrogen-bond acceptors (Lipinski definition) is 6. The van der Waals surface area contributed by atoms with Crippen LogP contribution in [-0.2, 0) is 11.2 Å². The van der Waals surface area contributed by atoms with Crippen LogP contribution in [0.15, 0.2) is 78.4 Å². The van der Waals surface area contributed by atoms with Crippen LogP contribution >= 0.6 is 0 Å². The molecule has 0 amide bonds. The smallest absolute Gasteiger partial charge is 0.347 e. The van der Waals surface area contributed by atoms with Gasteiger partial charge in [0.25, 0.3) is 0 Å². The van der Waals surface area contributed by atoms with Crippen molar-refractivity contribution in [3.8, 4) is 17.2 Å². The highest BCUT2D eigenvalue weighted by molar-refractivity contribution is 5.94. The molecule has 6 rings (SSSR count). The van der Waals surface area contributed by atoms with Crippen LogP contribution in [0.25, 0.3) is 0 Å². The second-order valence-electron chi connectivity index (χ2n) is 10.3. The van der Waals surface area contributed by atoms with E-state index >= 15 is 0 Å². The van der Waals surface area contributed by atoms with Crippen LogP contribution in [0.1, 0.15) is 60.0 Å². The first-order valence-corrected chi connectivity index (χ1v) is 12.7. The topological polar surface area (TPSA) is 110 Å². The minimum Gasteiger partial charge on any atom is -0.508 e. The summed E-state index contributed by atoms with van der Waals surface area (Å²) in [4.78, 5) is 24.0. The summed E-state index contributed by atoms with van der Waals surface area (Å²) in [6, 6.07) is 18.7. The second kappa shape index (κ2) is 9.77. The van der Waals surface area contributed by atoms with Crippen LogP contribution in [0.4, 0.5) is 5.69 Å². The Balaban J connectivity index is 0.000000154. The molecule has 0 saturated heterocycles. The Morgan fingerprint density at radius 3 is 2.57 bits per heavy atom. The van der Waals surface area contributed by atoms with Gasteiger partial charge in [0.2, 0.25) is 0 Å². The third kappa shape index (κ3) is 4.71. The van der Waals surface area contributed by atoms with E-state index in [0.717, 1.165) is 32.1 Å². The van der Waals surface area contributed by atoms with Crippen molar-refractivity contribution in [2.24, 2.45) is 11.3 Å². The Morgan fingerprint density at radius 2 is 1.81 bits per heavy atom. The number of carbonyl (C=O) groups excluding carboxylic acids is 2. The van der Waals surface area contributed by atoms with E-state index in [1.807, 2.05) is 12.1 Å². The van der Waals surface area contributed by atoms with E-state index in [2.05, 4.69) is 19.1 Å². The number of benzene rings is 3. The van der Waals surface area contributed by atoms with Crippen LogP contribution in [0.3, 0.4) is 0 Å². The summed E-state index contributed by atoms with van der Waals surface area (Å²) in [5, 5.41) is 19.2. The number of carbonyl (C=O) groups is 2. The average molecular weight is 498 g/mol. The normalized spacial score (nSPS) is 23.5. The maximum absolute atomic E-state index is 12.2. The van der Waals surface area contributed by atoms with E-state index < -0.39 is 5.97 Å². The number of nitrogen functional groups attached to an aromatic ring is 1. The number of allylic oxidation sites excluding steroid dienone is 2. The monoisotopic (exact) mass is 497 g/mol. The standard InChI is InChI=1S/C18H20O2.C13H11NO3/c1-18-9-8-14-13-5-3-12(19)10-11(13)2-4-15(14)16(18)6-7-17(18)20;14-9-6-7-11(12(15)8-9)13(16)17-10-4-2-1-3-5-10/h3-5,10,14,16,19H,2,6-9H2,1H3;1-8,15H,14H2. The number of esters is 1. The molecule has 4 N–H and O–H groups in total. The maximum Gasteiger partial charge on any atom is 0.347 e. The Bertz CT molecular complexity index is 1380.